The Morgan fingerprint density at radius 1 is 1.21 bits per heavy atom. The largest absolute Gasteiger partial charge is 0.490 e. The van der Waals surface area contributed by atoms with Gasteiger partial charge in [-0.3, -0.25) is 4.79 Å². The topological polar surface area (TPSA) is 123 Å². The second-order valence-corrected chi connectivity index (χ2v) is 15.3. The first-order valence-corrected chi connectivity index (χ1v) is 17.8. The Hall–Kier alpha value is -3.54. The maximum absolute atomic E-state index is 13.6. The van der Waals surface area contributed by atoms with Crippen molar-refractivity contribution >= 4 is 39.3 Å². The number of nitrogens with one attached hydrogen (secondary N) is 2. The summed E-state index contributed by atoms with van der Waals surface area (Å²) in [7, 11) is -2.93. The van der Waals surface area contributed by atoms with Gasteiger partial charge in [0.25, 0.3) is 15.9 Å². The number of amides is 2. The van der Waals surface area contributed by atoms with Crippen LogP contribution in [0.2, 0.25) is 5.02 Å². The third-order valence-corrected chi connectivity index (χ3v) is 11.3. The van der Waals surface area contributed by atoms with Gasteiger partial charge in [0.2, 0.25) is 0 Å². The monoisotopic (exact) mass is 685 g/mol. The number of methoxy groups -OCH3 is 1. The number of carbonyl (C=O) groups excluding carboxylic acids is 2. The van der Waals surface area contributed by atoms with E-state index < -0.39 is 27.6 Å². The van der Waals surface area contributed by atoms with Crippen molar-refractivity contribution in [2.75, 3.05) is 38.3 Å². The van der Waals surface area contributed by atoms with E-state index in [1.807, 2.05) is 12.1 Å². The highest BCUT2D eigenvalue weighted by molar-refractivity contribution is 7.90. The number of rotatable bonds is 11. The molecule has 2 aliphatic carbocycles. The van der Waals surface area contributed by atoms with Crippen LogP contribution < -0.4 is 19.7 Å². The van der Waals surface area contributed by atoms with Gasteiger partial charge in [-0.25, -0.2) is 17.9 Å². The molecule has 12 heteroatoms. The Labute approximate surface area is 282 Å². The van der Waals surface area contributed by atoms with E-state index in [0.29, 0.717) is 36.2 Å². The zero-order chi connectivity index (χ0) is 34.0. The Bertz CT molecular complexity index is 1650. The van der Waals surface area contributed by atoms with Crippen LogP contribution in [0.3, 0.4) is 0 Å². The van der Waals surface area contributed by atoms with Crippen molar-refractivity contribution < 1.29 is 32.2 Å². The maximum Gasteiger partial charge on any atom is 0.407 e. The van der Waals surface area contributed by atoms with Gasteiger partial charge in [-0.2, -0.15) is 0 Å². The molecule has 0 aromatic heterocycles. The van der Waals surface area contributed by atoms with Crippen LogP contribution in [-0.2, 0) is 36.1 Å². The SMILES string of the molecule is C=CCOC(C)(C)C(=O)NS(=O)(=O)c1ccc2c(c1)N(C[C@@H]1CC[C@H]1C(C=C)NC(=O)OC)C[C@@]1(CCCc3cc(Cl)ccc31)CO2. The molecule has 2 amide bonds. The molecule has 1 heterocycles. The molecule has 0 radical (unpaired) electrons. The van der Waals surface area contributed by atoms with Gasteiger partial charge >= 0.3 is 6.09 Å². The minimum Gasteiger partial charge on any atom is -0.490 e. The molecule has 0 bridgehead atoms. The quantitative estimate of drug-likeness (QED) is 0.296. The Kier molecular flexibility index (Phi) is 10.3. The molecule has 1 saturated carbocycles. The fourth-order valence-electron chi connectivity index (χ4n) is 7.01. The third-order valence-electron chi connectivity index (χ3n) is 9.77. The number of ether oxygens (including phenoxy) is 3. The van der Waals surface area contributed by atoms with Gasteiger partial charge in [-0.1, -0.05) is 29.8 Å². The predicted molar refractivity (Wildman–Crippen MR) is 182 cm³/mol. The molecule has 1 fully saturated rings. The van der Waals surface area contributed by atoms with Crippen molar-refractivity contribution in [2.24, 2.45) is 11.8 Å². The lowest BCUT2D eigenvalue weighted by Crippen LogP contribution is -2.51. The molecule has 0 saturated heterocycles. The normalized spacial score (nSPS) is 22.8. The molecule has 1 aliphatic heterocycles. The first kappa shape index (κ1) is 34.8. The van der Waals surface area contributed by atoms with Crippen LogP contribution in [0.25, 0.3) is 0 Å². The molecule has 1 spiro atoms. The number of benzene rings is 2. The van der Waals surface area contributed by atoms with Gasteiger partial charge in [0, 0.05) is 23.5 Å². The number of halogens is 1. The number of carbonyl (C=O) groups is 2. The maximum atomic E-state index is 13.6. The smallest absolute Gasteiger partial charge is 0.407 e. The number of aryl methyl sites for hydroxylation is 1. The summed E-state index contributed by atoms with van der Waals surface area (Å²) >= 11 is 6.40. The summed E-state index contributed by atoms with van der Waals surface area (Å²) in [6.07, 6.45) is 7.32. The average molecular weight is 686 g/mol. The zero-order valence-electron chi connectivity index (χ0n) is 27.2. The summed E-state index contributed by atoms with van der Waals surface area (Å²) in [5, 5.41) is 3.59. The molecule has 1 unspecified atom stereocenters. The van der Waals surface area contributed by atoms with Crippen LogP contribution in [0.5, 0.6) is 5.75 Å². The van der Waals surface area contributed by atoms with Gasteiger partial charge in [0.1, 0.15) is 11.4 Å². The van der Waals surface area contributed by atoms with Crippen LogP contribution in [0.15, 0.2) is 66.6 Å². The minimum atomic E-state index is -4.26. The fraction of sp³-hybridized carbons (Fsp3) is 0.486. The van der Waals surface area contributed by atoms with Gasteiger partial charge < -0.3 is 24.4 Å². The van der Waals surface area contributed by atoms with E-state index >= 15 is 0 Å². The summed E-state index contributed by atoms with van der Waals surface area (Å²) in [5.41, 5.74) is 1.25. The van der Waals surface area contributed by atoms with Gasteiger partial charge in [-0.05, 0) is 99.2 Å². The summed E-state index contributed by atoms with van der Waals surface area (Å²) in [5.74, 6) is 0.0715. The molecule has 47 heavy (non-hydrogen) atoms. The minimum absolute atomic E-state index is 0.0639. The third kappa shape index (κ3) is 7.32. The standard InChI is InChI=1S/C35H44ClN3O7S/c1-6-17-46-34(3,4)32(40)38-47(42,43)26-12-15-31-30(19-26)39(20-24-10-13-27(24)29(7-2)37-33(41)44-5)21-35(22-45-31)16-8-9-23-18-25(36)11-14-28(23)35/h6-7,11-12,14-15,18-19,24,27,29H,1-2,8-10,13,16-17,20-22H2,3-5H3,(H,37,41)(H,38,40)/t24-,27+,29?,35-/m0/s1. The molecule has 2 aromatic rings. The van der Waals surface area contributed by atoms with Crippen LogP contribution >= 0.6 is 11.6 Å². The molecule has 10 nitrogen and oxygen atoms in total. The van der Waals surface area contributed by atoms with Crippen LogP contribution in [-0.4, -0.2) is 65.5 Å². The van der Waals surface area contributed by atoms with E-state index in [9.17, 15) is 18.0 Å². The van der Waals surface area contributed by atoms with E-state index in [1.165, 1.54) is 44.2 Å². The predicted octanol–water partition coefficient (Wildman–Crippen LogP) is 5.54. The van der Waals surface area contributed by atoms with E-state index in [2.05, 4.69) is 34.2 Å². The molecular formula is C35H44ClN3O7S. The highest BCUT2D eigenvalue weighted by atomic mass is 35.5. The van der Waals surface area contributed by atoms with E-state index in [-0.39, 0.29) is 34.8 Å². The second-order valence-electron chi connectivity index (χ2n) is 13.2. The highest BCUT2D eigenvalue weighted by Gasteiger charge is 2.44. The lowest BCUT2D eigenvalue weighted by Gasteiger charge is -2.46. The summed E-state index contributed by atoms with van der Waals surface area (Å²) in [4.78, 5) is 27.2. The Morgan fingerprint density at radius 2 is 2.00 bits per heavy atom. The molecule has 254 valence electrons. The number of nitrogens with zero attached hydrogens (tertiary/aromatic N) is 1. The summed E-state index contributed by atoms with van der Waals surface area (Å²) in [6.45, 7) is 12.2. The number of alkyl carbamates (subject to hydrolysis) is 1. The second kappa shape index (κ2) is 13.9. The van der Waals surface area contributed by atoms with Crippen molar-refractivity contribution in [1.82, 2.24) is 10.0 Å². The first-order valence-electron chi connectivity index (χ1n) is 15.9. The summed E-state index contributed by atoms with van der Waals surface area (Å²) < 4.78 is 46.2. The molecule has 4 atom stereocenters. The average Bonchev–Trinajstić information content (AvgIpc) is 3.18. The molecular weight excluding hydrogens is 642 g/mol. The van der Waals surface area contributed by atoms with Crippen LogP contribution in [0.1, 0.15) is 50.7 Å². The summed E-state index contributed by atoms with van der Waals surface area (Å²) in [6, 6.07) is 10.5. The van der Waals surface area contributed by atoms with E-state index in [1.54, 1.807) is 18.2 Å². The Morgan fingerprint density at radius 3 is 2.68 bits per heavy atom. The first-order chi connectivity index (χ1) is 22.3. The number of fused-ring (bicyclic) bond motifs is 3. The molecule has 2 aromatic carbocycles. The highest BCUT2D eigenvalue weighted by Crippen LogP contribution is 2.47. The number of hydrogen-bond acceptors (Lipinski definition) is 8. The van der Waals surface area contributed by atoms with Crippen LogP contribution in [0.4, 0.5) is 10.5 Å². The lowest BCUT2D eigenvalue weighted by atomic mass is 9.68. The van der Waals surface area contributed by atoms with Gasteiger partial charge in [0.15, 0.2) is 0 Å². The molecule has 3 aliphatic rings. The lowest BCUT2D eigenvalue weighted by molar-refractivity contribution is -0.139. The van der Waals surface area contributed by atoms with Crippen molar-refractivity contribution in [3.8, 4) is 5.75 Å². The number of hydrogen-bond donors (Lipinski definition) is 2. The molecule has 5 rings (SSSR count). The van der Waals surface area contributed by atoms with E-state index in [0.717, 1.165) is 32.1 Å². The van der Waals surface area contributed by atoms with Gasteiger partial charge in [-0.15, -0.1) is 13.2 Å². The van der Waals surface area contributed by atoms with Crippen LogP contribution in [0, 0.1) is 11.8 Å². The zero-order valence-corrected chi connectivity index (χ0v) is 28.8. The van der Waals surface area contributed by atoms with Crippen molar-refractivity contribution in [3.05, 3.63) is 77.9 Å². The van der Waals surface area contributed by atoms with E-state index in [4.69, 9.17) is 25.8 Å². The number of anilines is 1. The number of sulfonamides is 1. The van der Waals surface area contributed by atoms with Gasteiger partial charge in [0.05, 0.1) is 36.9 Å². The van der Waals surface area contributed by atoms with Crippen molar-refractivity contribution in [3.63, 3.8) is 0 Å². The fourth-order valence-corrected chi connectivity index (χ4v) is 8.33. The Balaban J connectivity index is 1.51. The molecule has 2 N–H and O–H groups in total. The van der Waals surface area contributed by atoms with Crippen molar-refractivity contribution in [1.29, 1.82) is 0 Å². The van der Waals surface area contributed by atoms with Crippen molar-refractivity contribution in [2.45, 2.75) is 67.9 Å².